The Morgan fingerprint density at radius 1 is 1.42 bits per heavy atom. The van der Waals surface area contributed by atoms with Gasteiger partial charge in [-0.1, -0.05) is 6.07 Å². The van der Waals surface area contributed by atoms with E-state index in [9.17, 15) is 18.4 Å². The van der Waals surface area contributed by atoms with E-state index in [0.717, 1.165) is 12.1 Å². The van der Waals surface area contributed by atoms with Gasteiger partial charge in [-0.3, -0.25) is 4.79 Å². The molecule has 6 heteroatoms. The van der Waals surface area contributed by atoms with Gasteiger partial charge in [0, 0.05) is 19.5 Å². The molecule has 1 fully saturated rings. The molecule has 4 nitrogen and oxygen atoms in total. The fourth-order valence-corrected chi connectivity index (χ4v) is 1.99. The number of nitrogens with one attached hydrogen (secondary N) is 1. The van der Waals surface area contributed by atoms with Gasteiger partial charge >= 0.3 is 6.03 Å². The Labute approximate surface area is 109 Å². The Kier molecular flexibility index (Phi) is 3.78. The lowest BCUT2D eigenvalue weighted by molar-refractivity contribution is -0.117. The van der Waals surface area contributed by atoms with Gasteiger partial charge < -0.3 is 10.2 Å². The quantitative estimate of drug-likeness (QED) is 0.908. The molecule has 0 saturated carbocycles. The second kappa shape index (κ2) is 5.34. The molecule has 1 heterocycles. The summed E-state index contributed by atoms with van der Waals surface area (Å²) in [6.45, 7) is 2.14. The molecule has 1 aliphatic rings. The molecular formula is C13H14F2N2O2. The minimum Gasteiger partial charge on any atom is -0.329 e. The van der Waals surface area contributed by atoms with Crippen molar-refractivity contribution in [1.82, 2.24) is 10.2 Å². The van der Waals surface area contributed by atoms with Crippen LogP contribution in [0, 0.1) is 11.6 Å². The molecule has 2 amide bonds. The van der Waals surface area contributed by atoms with E-state index in [1.165, 1.54) is 17.9 Å². The molecule has 0 bridgehead atoms. The van der Waals surface area contributed by atoms with Crippen LogP contribution in [0.1, 0.15) is 24.9 Å². The topological polar surface area (TPSA) is 49.4 Å². The van der Waals surface area contributed by atoms with Crippen molar-refractivity contribution in [2.24, 2.45) is 0 Å². The number of urea groups is 1. The van der Waals surface area contributed by atoms with Crippen LogP contribution in [-0.2, 0) is 4.79 Å². The van der Waals surface area contributed by atoms with Crippen LogP contribution in [0.25, 0.3) is 0 Å². The minimum absolute atomic E-state index is 0.00377. The Balaban J connectivity index is 2.05. The molecule has 1 aromatic carbocycles. The highest BCUT2D eigenvalue weighted by Gasteiger charge is 2.29. The summed E-state index contributed by atoms with van der Waals surface area (Å²) in [6, 6.07) is 2.88. The predicted octanol–water partition coefficient (Wildman–Crippen LogP) is 2.01. The molecule has 2 rings (SSSR count). The van der Waals surface area contributed by atoms with Crippen LogP contribution < -0.4 is 5.32 Å². The number of amides is 2. The van der Waals surface area contributed by atoms with Gasteiger partial charge in [0.1, 0.15) is 5.78 Å². The maximum Gasteiger partial charge on any atom is 0.318 e. The third-order valence-corrected chi connectivity index (χ3v) is 3.07. The molecule has 102 valence electrons. The third-order valence-electron chi connectivity index (χ3n) is 3.07. The van der Waals surface area contributed by atoms with Crippen molar-refractivity contribution in [2.45, 2.75) is 19.4 Å². The number of halogens is 2. The van der Waals surface area contributed by atoms with Gasteiger partial charge in [-0.15, -0.1) is 0 Å². The highest BCUT2D eigenvalue weighted by Crippen LogP contribution is 2.22. The molecule has 0 aliphatic carbocycles. The van der Waals surface area contributed by atoms with Gasteiger partial charge in [0.05, 0.1) is 6.04 Å². The highest BCUT2D eigenvalue weighted by molar-refractivity contribution is 5.79. The van der Waals surface area contributed by atoms with E-state index in [2.05, 4.69) is 5.32 Å². The molecule has 1 N–H and O–H groups in total. The van der Waals surface area contributed by atoms with Crippen molar-refractivity contribution < 1.29 is 18.4 Å². The molecule has 0 aromatic heterocycles. The minimum atomic E-state index is -0.936. The van der Waals surface area contributed by atoms with Crippen LogP contribution in [0.3, 0.4) is 0 Å². The van der Waals surface area contributed by atoms with Gasteiger partial charge in [-0.05, 0) is 24.6 Å². The largest absolute Gasteiger partial charge is 0.329 e. The summed E-state index contributed by atoms with van der Waals surface area (Å²) in [7, 11) is 0. The Hall–Kier alpha value is -1.98. The monoisotopic (exact) mass is 268 g/mol. The van der Waals surface area contributed by atoms with Crippen molar-refractivity contribution in [1.29, 1.82) is 0 Å². The molecular weight excluding hydrogens is 254 g/mol. The summed E-state index contributed by atoms with van der Waals surface area (Å²) in [5, 5.41) is 2.68. The average molecular weight is 268 g/mol. The SMILES string of the molecule is CC(=O)CCN1CC(c2ccc(F)c(F)c2)NC1=O. The number of Topliss-reactive ketones (excluding diaryl/α,β-unsaturated/α-hetero) is 1. The second-order valence-corrected chi connectivity index (χ2v) is 4.57. The molecule has 1 aromatic rings. The molecule has 1 atom stereocenters. The molecule has 1 unspecified atom stereocenters. The Morgan fingerprint density at radius 3 is 2.79 bits per heavy atom. The zero-order chi connectivity index (χ0) is 14.0. The highest BCUT2D eigenvalue weighted by atomic mass is 19.2. The van der Waals surface area contributed by atoms with Crippen molar-refractivity contribution in [3.63, 3.8) is 0 Å². The number of hydrogen-bond acceptors (Lipinski definition) is 2. The maximum atomic E-state index is 13.1. The zero-order valence-corrected chi connectivity index (χ0v) is 10.5. The number of carbonyl (C=O) groups is 2. The normalized spacial score (nSPS) is 18.6. The van der Waals surface area contributed by atoms with Crippen molar-refractivity contribution in [3.05, 3.63) is 35.4 Å². The lowest BCUT2D eigenvalue weighted by Gasteiger charge is -2.13. The van der Waals surface area contributed by atoms with Crippen LogP contribution >= 0.6 is 0 Å². The molecule has 0 spiro atoms. The summed E-state index contributed by atoms with van der Waals surface area (Å²) >= 11 is 0. The maximum absolute atomic E-state index is 13.1. The summed E-state index contributed by atoms with van der Waals surface area (Å²) in [5.41, 5.74) is 0.512. The van der Waals surface area contributed by atoms with Crippen LogP contribution in [0.4, 0.5) is 13.6 Å². The first-order valence-corrected chi connectivity index (χ1v) is 5.97. The first-order chi connectivity index (χ1) is 8.97. The fourth-order valence-electron chi connectivity index (χ4n) is 1.99. The summed E-state index contributed by atoms with van der Waals surface area (Å²) < 4.78 is 26.0. The predicted molar refractivity (Wildman–Crippen MR) is 64.5 cm³/mol. The number of rotatable bonds is 4. The van der Waals surface area contributed by atoms with Gasteiger partial charge in [0.2, 0.25) is 0 Å². The number of ketones is 1. The first-order valence-electron chi connectivity index (χ1n) is 5.97. The molecule has 0 radical (unpaired) electrons. The third kappa shape index (κ3) is 3.07. The zero-order valence-electron chi connectivity index (χ0n) is 10.5. The van der Waals surface area contributed by atoms with E-state index < -0.39 is 11.6 Å². The smallest absolute Gasteiger partial charge is 0.318 e. The number of benzene rings is 1. The van der Waals surface area contributed by atoms with Crippen LogP contribution in [0.2, 0.25) is 0 Å². The lowest BCUT2D eigenvalue weighted by atomic mass is 10.1. The van der Waals surface area contributed by atoms with Gasteiger partial charge in [0.15, 0.2) is 11.6 Å². The van der Waals surface area contributed by atoms with Crippen LogP contribution in [0.5, 0.6) is 0 Å². The van der Waals surface area contributed by atoms with Gasteiger partial charge in [-0.25, -0.2) is 13.6 Å². The van der Waals surface area contributed by atoms with E-state index in [4.69, 9.17) is 0 Å². The van der Waals surface area contributed by atoms with E-state index >= 15 is 0 Å². The average Bonchev–Trinajstić information content (AvgIpc) is 2.71. The van der Waals surface area contributed by atoms with E-state index in [-0.39, 0.29) is 24.3 Å². The second-order valence-electron chi connectivity index (χ2n) is 4.57. The van der Waals surface area contributed by atoms with Crippen LogP contribution in [0.15, 0.2) is 18.2 Å². The summed E-state index contributed by atoms with van der Waals surface area (Å²) in [5.74, 6) is -1.85. The van der Waals surface area contributed by atoms with E-state index in [1.807, 2.05) is 0 Å². The molecule has 1 aliphatic heterocycles. The first kappa shape index (κ1) is 13.5. The Morgan fingerprint density at radius 2 is 2.16 bits per heavy atom. The standard InChI is InChI=1S/C13H14F2N2O2/c1-8(18)4-5-17-7-12(16-13(17)19)9-2-3-10(14)11(15)6-9/h2-3,6,12H,4-5,7H2,1H3,(H,16,19). The summed E-state index contributed by atoms with van der Waals surface area (Å²) in [6.07, 6.45) is 0.290. The van der Waals surface area contributed by atoms with Crippen molar-refractivity contribution in [3.8, 4) is 0 Å². The van der Waals surface area contributed by atoms with Crippen LogP contribution in [-0.4, -0.2) is 29.8 Å². The Bertz CT molecular complexity index is 519. The fraction of sp³-hybridized carbons (Fsp3) is 0.385. The number of carbonyl (C=O) groups excluding carboxylic acids is 2. The van der Waals surface area contributed by atoms with Gasteiger partial charge in [-0.2, -0.15) is 0 Å². The van der Waals surface area contributed by atoms with Crippen molar-refractivity contribution >= 4 is 11.8 Å². The lowest BCUT2D eigenvalue weighted by Crippen LogP contribution is -2.29. The van der Waals surface area contributed by atoms with E-state index in [1.54, 1.807) is 0 Å². The number of hydrogen-bond donors (Lipinski definition) is 1. The van der Waals surface area contributed by atoms with Gasteiger partial charge in [0.25, 0.3) is 0 Å². The van der Waals surface area contributed by atoms with Crippen molar-refractivity contribution in [2.75, 3.05) is 13.1 Å². The number of nitrogens with zero attached hydrogens (tertiary/aromatic N) is 1. The van der Waals surface area contributed by atoms with E-state index in [0.29, 0.717) is 18.7 Å². The summed E-state index contributed by atoms with van der Waals surface area (Å²) in [4.78, 5) is 24.0. The molecule has 19 heavy (non-hydrogen) atoms. The molecule has 1 saturated heterocycles.